The first-order chi connectivity index (χ1) is 20.1. The van der Waals surface area contributed by atoms with Crippen LogP contribution in [-0.2, 0) is 11.8 Å². The van der Waals surface area contributed by atoms with Gasteiger partial charge in [0.15, 0.2) is 0 Å². The van der Waals surface area contributed by atoms with Gasteiger partial charge in [0.25, 0.3) is 0 Å². The topological polar surface area (TPSA) is 9.86 Å². The molecule has 0 saturated heterocycles. The molecule has 0 unspecified atom stereocenters. The van der Waals surface area contributed by atoms with Crippen LogP contribution in [0.25, 0.3) is 61.3 Å². The summed E-state index contributed by atoms with van der Waals surface area (Å²) in [6, 6.07) is 40.7. The lowest BCUT2D eigenvalue weighted by atomic mass is 9.75. The molecule has 7 aromatic rings. The minimum Gasteiger partial charge on any atom is -0.313 e. The Labute approximate surface area is 239 Å². The molecule has 0 amide bonds. The third kappa shape index (κ3) is 3.02. The van der Waals surface area contributed by atoms with E-state index >= 15 is 0 Å². The van der Waals surface area contributed by atoms with Gasteiger partial charge in [0, 0.05) is 38.5 Å². The van der Waals surface area contributed by atoms with Gasteiger partial charge in [0.05, 0.1) is 22.2 Å². The number of aromatic nitrogens is 2. The molecule has 2 aliphatic rings. The number of benzene rings is 5. The Bertz CT molecular complexity index is 2220. The standard InChI is InChI=1S/C39H30N2/c1-39(2)32-15-7-9-18-37(32)41-36-22-20-26(24-31(36)29-14-10-16-33(39)38(29)41)25-19-21-35-30(23-25)28-13-6-8-17-34(28)40(35)27-11-4-3-5-12-27/h3-7,9-16,18-24H,8,17H2,1-2H3. The predicted octanol–water partition coefficient (Wildman–Crippen LogP) is 9.99. The van der Waals surface area contributed by atoms with Crippen molar-refractivity contribution in [1.29, 1.82) is 0 Å². The van der Waals surface area contributed by atoms with Crippen LogP contribution in [0.4, 0.5) is 0 Å². The fraction of sp³-hybridized carbons (Fsp3) is 0.128. The summed E-state index contributed by atoms with van der Waals surface area (Å²) in [4.78, 5) is 0. The van der Waals surface area contributed by atoms with E-state index in [4.69, 9.17) is 0 Å². The Morgan fingerprint density at radius 1 is 0.610 bits per heavy atom. The zero-order chi connectivity index (χ0) is 27.3. The van der Waals surface area contributed by atoms with Crippen molar-refractivity contribution in [3.63, 3.8) is 0 Å². The summed E-state index contributed by atoms with van der Waals surface area (Å²) in [5, 5.41) is 3.98. The summed E-state index contributed by atoms with van der Waals surface area (Å²) >= 11 is 0. The van der Waals surface area contributed by atoms with E-state index in [0.29, 0.717) is 0 Å². The summed E-state index contributed by atoms with van der Waals surface area (Å²) in [6.07, 6.45) is 6.81. The second kappa shape index (κ2) is 8.11. The number of nitrogens with zero attached hydrogens (tertiary/aromatic N) is 2. The van der Waals surface area contributed by atoms with E-state index in [1.165, 1.54) is 77.6 Å². The number of para-hydroxylation sites is 3. The van der Waals surface area contributed by atoms with Gasteiger partial charge < -0.3 is 9.13 Å². The Hall–Kier alpha value is -4.82. The summed E-state index contributed by atoms with van der Waals surface area (Å²) < 4.78 is 4.96. The van der Waals surface area contributed by atoms with Gasteiger partial charge in [-0.1, -0.05) is 92.7 Å². The number of hydrogen-bond donors (Lipinski definition) is 0. The molecule has 0 atom stereocenters. The van der Waals surface area contributed by atoms with Crippen LogP contribution in [0.3, 0.4) is 0 Å². The quantitative estimate of drug-likeness (QED) is 0.212. The molecule has 0 saturated carbocycles. The van der Waals surface area contributed by atoms with Crippen molar-refractivity contribution in [3.8, 4) is 22.5 Å². The van der Waals surface area contributed by atoms with Gasteiger partial charge in [-0.2, -0.15) is 0 Å². The van der Waals surface area contributed by atoms with E-state index in [1.807, 2.05) is 0 Å². The molecule has 0 fully saturated rings. The molecule has 196 valence electrons. The van der Waals surface area contributed by atoms with Gasteiger partial charge in [0.2, 0.25) is 0 Å². The maximum Gasteiger partial charge on any atom is 0.0582 e. The first kappa shape index (κ1) is 22.9. The van der Waals surface area contributed by atoms with Gasteiger partial charge >= 0.3 is 0 Å². The molecule has 0 spiro atoms. The predicted molar refractivity (Wildman–Crippen MR) is 173 cm³/mol. The minimum absolute atomic E-state index is 0.0487. The monoisotopic (exact) mass is 526 g/mol. The highest BCUT2D eigenvalue weighted by atomic mass is 15.0. The van der Waals surface area contributed by atoms with E-state index in [2.05, 4.69) is 144 Å². The second-order valence-electron chi connectivity index (χ2n) is 12.1. The van der Waals surface area contributed by atoms with Crippen molar-refractivity contribution in [2.75, 3.05) is 0 Å². The molecule has 1 aliphatic heterocycles. The van der Waals surface area contributed by atoms with Gasteiger partial charge in [0.1, 0.15) is 0 Å². The summed E-state index contributed by atoms with van der Waals surface area (Å²) in [7, 11) is 0. The highest BCUT2D eigenvalue weighted by molar-refractivity contribution is 6.12. The average molecular weight is 527 g/mol. The summed E-state index contributed by atoms with van der Waals surface area (Å²) in [5.74, 6) is 0. The highest BCUT2D eigenvalue weighted by Gasteiger charge is 2.34. The fourth-order valence-electron chi connectivity index (χ4n) is 7.62. The van der Waals surface area contributed by atoms with Crippen molar-refractivity contribution in [2.24, 2.45) is 0 Å². The Kier molecular flexibility index (Phi) is 4.54. The van der Waals surface area contributed by atoms with E-state index in [-0.39, 0.29) is 5.41 Å². The van der Waals surface area contributed by atoms with Crippen LogP contribution >= 0.6 is 0 Å². The van der Waals surface area contributed by atoms with Gasteiger partial charge in [-0.15, -0.1) is 0 Å². The third-order valence-electron chi connectivity index (χ3n) is 9.57. The molecular formula is C39H30N2. The van der Waals surface area contributed by atoms with Crippen LogP contribution < -0.4 is 0 Å². The van der Waals surface area contributed by atoms with E-state index in [1.54, 1.807) is 0 Å². The van der Waals surface area contributed by atoms with Crippen molar-refractivity contribution >= 4 is 38.8 Å². The Morgan fingerprint density at radius 3 is 2.15 bits per heavy atom. The smallest absolute Gasteiger partial charge is 0.0582 e. The first-order valence-corrected chi connectivity index (χ1v) is 14.7. The van der Waals surface area contributed by atoms with Crippen molar-refractivity contribution < 1.29 is 0 Å². The van der Waals surface area contributed by atoms with E-state index in [0.717, 1.165) is 12.8 Å². The molecule has 0 radical (unpaired) electrons. The lowest BCUT2D eigenvalue weighted by Crippen LogP contribution is -2.26. The maximum absolute atomic E-state index is 2.49. The molecule has 2 aromatic heterocycles. The van der Waals surface area contributed by atoms with E-state index < -0.39 is 0 Å². The molecule has 0 bridgehead atoms. The number of hydrogen-bond acceptors (Lipinski definition) is 0. The third-order valence-corrected chi connectivity index (χ3v) is 9.57. The summed E-state index contributed by atoms with van der Waals surface area (Å²) in [6.45, 7) is 4.72. The molecule has 5 aromatic carbocycles. The molecule has 2 nitrogen and oxygen atoms in total. The van der Waals surface area contributed by atoms with Gasteiger partial charge in [-0.05, 0) is 77.6 Å². The zero-order valence-corrected chi connectivity index (χ0v) is 23.4. The lowest BCUT2D eigenvalue weighted by Gasteiger charge is -2.34. The van der Waals surface area contributed by atoms with Crippen LogP contribution in [0.15, 0.2) is 115 Å². The zero-order valence-electron chi connectivity index (χ0n) is 23.4. The fourth-order valence-corrected chi connectivity index (χ4v) is 7.62. The molecule has 41 heavy (non-hydrogen) atoms. The molecule has 2 heteroatoms. The van der Waals surface area contributed by atoms with Gasteiger partial charge in [-0.25, -0.2) is 0 Å². The van der Waals surface area contributed by atoms with Crippen molar-refractivity contribution in [2.45, 2.75) is 32.1 Å². The largest absolute Gasteiger partial charge is 0.313 e. The normalized spacial score (nSPS) is 15.0. The Morgan fingerprint density at radius 2 is 1.32 bits per heavy atom. The van der Waals surface area contributed by atoms with Crippen LogP contribution in [-0.4, -0.2) is 9.13 Å². The number of fused-ring (bicyclic) bond motifs is 8. The molecule has 3 heterocycles. The summed E-state index contributed by atoms with van der Waals surface area (Å²) in [5.41, 5.74) is 14.5. The minimum atomic E-state index is -0.0487. The molecule has 1 aliphatic carbocycles. The molecule has 9 rings (SSSR count). The highest BCUT2D eigenvalue weighted by Crippen LogP contribution is 2.48. The van der Waals surface area contributed by atoms with Crippen LogP contribution in [0, 0.1) is 0 Å². The van der Waals surface area contributed by atoms with Crippen LogP contribution in [0.5, 0.6) is 0 Å². The van der Waals surface area contributed by atoms with Crippen molar-refractivity contribution in [1.82, 2.24) is 9.13 Å². The maximum atomic E-state index is 2.49. The van der Waals surface area contributed by atoms with Crippen molar-refractivity contribution in [3.05, 3.63) is 138 Å². The van der Waals surface area contributed by atoms with Gasteiger partial charge in [-0.3, -0.25) is 0 Å². The SMILES string of the molecule is CC1(C)c2ccccc2-n2c3ccc(-c4ccc5c(c4)c4c(n5-c5ccccc5)CCC=C4)cc3c3cccc1c32. The van der Waals surface area contributed by atoms with Crippen LogP contribution in [0.2, 0.25) is 0 Å². The Balaban J connectivity index is 1.29. The average Bonchev–Trinajstić information content (AvgIpc) is 3.53. The molecule has 0 N–H and O–H groups in total. The number of allylic oxidation sites excluding steroid dienone is 1. The second-order valence-corrected chi connectivity index (χ2v) is 12.1. The van der Waals surface area contributed by atoms with Crippen LogP contribution in [0.1, 0.15) is 42.7 Å². The first-order valence-electron chi connectivity index (χ1n) is 14.7. The molecular weight excluding hydrogens is 496 g/mol. The number of rotatable bonds is 2. The lowest BCUT2D eigenvalue weighted by molar-refractivity contribution is 0.630. The van der Waals surface area contributed by atoms with E-state index in [9.17, 15) is 0 Å².